The lowest BCUT2D eigenvalue weighted by molar-refractivity contribution is -0.118. The third-order valence-electron chi connectivity index (χ3n) is 1.74. The van der Waals surface area contributed by atoms with Gasteiger partial charge in [-0.15, -0.1) is 12.4 Å². The highest BCUT2D eigenvalue weighted by Gasteiger charge is 2.12. The zero-order valence-corrected chi connectivity index (χ0v) is 9.03. The smallest absolute Gasteiger partial charge is 0.150 e. The number of ketones is 1. The van der Waals surface area contributed by atoms with Crippen molar-refractivity contribution in [2.24, 2.45) is 5.73 Å². The minimum Gasteiger partial charge on any atom is -0.318 e. The Bertz CT molecular complexity index is 344. The third-order valence-corrected chi connectivity index (χ3v) is 2.03. The van der Waals surface area contributed by atoms with Crippen molar-refractivity contribution in [3.8, 4) is 0 Å². The lowest BCUT2D eigenvalue weighted by Crippen LogP contribution is -2.18. The van der Waals surface area contributed by atoms with Crippen LogP contribution in [0.25, 0.3) is 0 Å². The number of rotatable bonds is 2. The van der Waals surface area contributed by atoms with E-state index in [4.69, 9.17) is 17.3 Å². The van der Waals surface area contributed by atoms with E-state index < -0.39 is 11.9 Å². The molecule has 0 radical (unpaired) electrons. The van der Waals surface area contributed by atoms with Crippen LogP contribution in [0.3, 0.4) is 0 Å². The molecule has 0 bridgehead atoms. The topological polar surface area (TPSA) is 43.1 Å². The standard InChI is InChI=1S/C9H9ClFNO.ClH/c1-5(13)9(12)6-2-3-8(11)7(10)4-6;/h2-4,9H,12H2,1H3;1H. The van der Waals surface area contributed by atoms with E-state index in [1.165, 1.54) is 25.1 Å². The quantitative estimate of drug-likeness (QED) is 0.860. The van der Waals surface area contributed by atoms with Crippen LogP contribution >= 0.6 is 24.0 Å². The van der Waals surface area contributed by atoms with Crippen molar-refractivity contribution in [2.45, 2.75) is 13.0 Å². The van der Waals surface area contributed by atoms with Crippen molar-refractivity contribution in [1.29, 1.82) is 0 Å². The Kier molecular flexibility index (Phi) is 5.05. The van der Waals surface area contributed by atoms with Gasteiger partial charge in [0.15, 0.2) is 5.78 Å². The predicted octanol–water partition coefficient (Wildman–Crippen LogP) is 2.49. The number of Topliss-reactive ketones (excluding diaryl/α,β-unsaturated/α-hetero) is 1. The van der Waals surface area contributed by atoms with Gasteiger partial charge in [0.05, 0.1) is 11.1 Å². The summed E-state index contributed by atoms with van der Waals surface area (Å²) in [5.41, 5.74) is 6.05. The Morgan fingerprint density at radius 2 is 2.14 bits per heavy atom. The molecule has 2 nitrogen and oxygen atoms in total. The summed E-state index contributed by atoms with van der Waals surface area (Å²) in [7, 11) is 0. The molecule has 1 atom stereocenters. The van der Waals surface area contributed by atoms with Crippen molar-refractivity contribution in [2.75, 3.05) is 0 Å². The fourth-order valence-corrected chi connectivity index (χ4v) is 1.13. The Balaban J connectivity index is 0.00000169. The van der Waals surface area contributed by atoms with Gasteiger partial charge in [-0.3, -0.25) is 4.79 Å². The summed E-state index contributed by atoms with van der Waals surface area (Å²) in [6, 6.07) is 3.29. The van der Waals surface area contributed by atoms with Crippen LogP contribution in [0.1, 0.15) is 18.5 Å². The van der Waals surface area contributed by atoms with Crippen molar-refractivity contribution < 1.29 is 9.18 Å². The molecular formula is C9H10Cl2FNO. The summed E-state index contributed by atoms with van der Waals surface area (Å²) in [5.74, 6) is -0.691. The van der Waals surface area contributed by atoms with Crippen LogP contribution in [0.5, 0.6) is 0 Å². The van der Waals surface area contributed by atoms with Gasteiger partial charge in [-0.2, -0.15) is 0 Å². The molecule has 0 fully saturated rings. The van der Waals surface area contributed by atoms with Crippen LogP contribution < -0.4 is 5.73 Å². The number of hydrogen-bond donors (Lipinski definition) is 1. The minimum atomic E-state index is -0.724. The van der Waals surface area contributed by atoms with E-state index in [1.807, 2.05) is 0 Å². The molecule has 0 saturated carbocycles. The van der Waals surface area contributed by atoms with E-state index in [0.29, 0.717) is 5.56 Å². The molecule has 0 aliphatic carbocycles. The molecule has 0 heterocycles. The molecule has 1 rings (SSSR count). The Labute approximate surface area is 92.6 Å². The molecular weight excluding hydrogens is 228 g/mol. The first-order valence-electron chi connectivity index (χ1n) is 3.73. The average Bonchev–Trinajstić information content (AvgIpc) is 2.08. The van der Waals surface area contributed by atoms with E-state index in [9.17, 15) is 9.18 Å². The average molecular weight is 238 g/mol. The van der Waals surface area contributed by atoms with Gasteiger partial charge in [-0.1, -0.05) is 17.7 Å². The summed E-state index contributed by atoms with van der Waals surface area (Å²) in [4.78, 5) is 10.9. The summed E-state index contributed by atoms with van der Waals surface area (Å²) in [5, 5.41) is -0.0193. The number of nitrogens with two attached hydrogens (primary N) is 1. The fraction of sp³-hybridized carbons (Fsp3) is 0.222. The molecule has 1 aromatic carbocycles. The van der Waals surface area contributed by atoms with E-state index in [0.717, 1.165) is 0 Å². The molecule has 14 heavy (non-hydrogen) atoms. The van der Waals surface area contributed by atoms with E-state index >= 15 is 0 Å². The van der Waals surface area contributed by atoms with Crippen LogP contribution in [0.4, 0.5) is 4.39 Å². The Morgan fingerprint density at radius 1 is 1.57 bits per heavy atom. The van der Waals surface area contributed by atoms with Crippen LogP contribution in [-0.2, 0) is 4.79 Å². The van der Waals surface area contributed by atoms with E-state index in [1.54, 1.807) is 0 Å². The van der Waals surface area contributed by atoms with Crippen LogP contribution in [0.2, 0.25) is 5.02 Å². The molecule has 2 N–H and O–H groups in total. The normalized spacial score (nSPS) is 11.7. The SMILES string of the molecule is CC(=O)C(N)c1ccc(F)c(Cl)c1.Cl. The van der Waals surface area contributed by atoms with Crippen molar-refractivity contribution in [3.05, 3.63) is 34.6 Å². The van der Waals surface area contributed by atoms with E-state index in [2.05, 4.69) is 0 Å². The number of hydrogen-bond acceptors (Lipinski definition) is 2. The molecule has 1 unspecified atom stereocenters. The Morgan fingerprint density at radius 3 is 2.57 bits per heavy atom. The zero-order chi connectivity index (χ0) is 10.0. The molecule has 1 aromatic rings. The van der Waals surface area contributed by atoms with Gasteiger partial charge in [0, 0.05) is 0 Å². The van der Waals surface area contributed by atoms with Crippen molar-refractivity contribution >= 4 is 29.8 Å². The second-order valence-corrected chi connectivity index (χ2v) is 3.17. The molecule has 0 saturated heterocycles. The van der Waals surface area contributed by atoms with Gasteiger partial charge in [-0.25, -0.2) is 4.39 Å². The second-order valence-electron chi connectivity index (χ2n) is 2.76. The molecule has 0 aliphatic rings. The van der Waals surface area contributed by atoms with Crippen molar-refractivity contribution in [1.82, 2.24) is 0 Å². The van der Waals surface area contributed by atoms with Gasteiger partial charge in [0.25, 0.3) is 0 Å². The highest BCUT2D eigenvalue weighted by Crippen LogP contribution is 2.19. The van der Waals surface area contributed by atoms with Gasteiger partial charge < -0.3 is 5.73 Å². The van der Waals surface area contributed by atoms with Gasteiger partial charge in [0.2, 0.25) is 0 Å². The highest BCUT2D eigenvalue weighted by molar-refractivity contribution is 6.30. The summed E-state index contributed by atoms with van der Waals surface area (Å²) < 4.78 is 12.7. The third kappa shape index (κ3) is 2.94. The number of benzene rings is 1. The van der Waals surface area contributed by atoms with Crippen LogP contribution in [0, 0.1) is 5.82 Å². The first-order chi connectivity index (χ1) is 6.02. The van der Waals surface area contributed by atoms with Crippen LogP contribution in [-0.4, -0.2) is 5.78 Å². The van der Waals surface area contributed by atoms with Crippen LogP contribution in [0.15, 0.2) is 18.2 Å². The fourth-order valence-electron chi connectivity index (χ4n) is 0.941. The minimum absolute atomic E-state index is 0. The summed E-state index contributed by atoms with van der Waals surface area (Å²) >= 11 is 5.52. The molecule has 5 heteroatoms. The molecule has 0 aliphatic heterocycles. The number of carbonyl (C=O) groups is 1. The summed E-state index contributed by atoms with van der Waals surface area (Å²) in [6.45, 7) is 1.38. The molecule has 0 aromatic heterocycles. The first-order valence-corrected chi connectivity index (χ1v) is 4.11. The molecule has 0 amide bonds. The maximum absolute atomic E-state index is 12.7. The van der Waals surface area contributed by atoms with Gasteiger partial charge in [0.1, 0.15) is 5.82 Å². The highest BCUT2D eigenvalue weighted by atomic mass is 35.5. The maximum atomic E-state index is 12.7. The molecule has 0 spiro atoms. The molecule has 78 valence electrons. The predicted molar refractivity (Wildman–Crippen MR) is 56.3 cm³/mol. The largest absolute Gasteiger partial charge is 0.318 e. The summed E-state index contributed by atoms with van der Waals surface area (Å²) in [6.07, 6.45) is 0. The number of halogens is 3. The Hall–Kier alpha value is -0.640. The van der Waals surface area contributed by atoms with E-state index in [-0.39, 0.29) is 23.2 Å². The lowest BCUT2D eigenvalue weighted by Gasteiger charge is -2.08. The maximum Gasteiger partial charge on any atom is 0.150 e. The van der Waals surface area contributed by atoms with Gasteiger partial charge in [-0.05, 0) is 24.6 Å². The first kappa shape index (κ1) is 13.4. The van der Waals surface area contributed by atoms with Crippen molar-refractivity contribution in [3.63, 3.8) is 0 Å². The second kappa shape index (κ2) is 5.29. The lowest BCUT2D eigenvalue weighted by atomic mass is 10.0. The van der Waals surface area contributed by atoms with Gasteiger partial charge >= 0.3 is 0 Å². The monoisotopic (exact) mass is 237 g/mol. The number of carbonyl (C=O) groups excluding carboxylic acids is 1. The zero-order valence-electron chi connectivity index (χ0n) is 7.46.